The number of carbonyl (C=O) groups excluding carboxylic acids is 4. The lowest BCUT2D eigenvalue weighted by atomic mass is 9.90. The number of aliphatic hydroxyl groups is 1. The van der Waals surface area contributed by atoms with E-state index in [1.165, 1.54) is 20.7 Å². The number of pyridine rings is 3. The number of aliphatic hydroxyl groups excluding tert-OH is 1. The Kier molecular flexibility index (Phi) is 11.7. The molecule has 0 spiro atoms. The van der Waals surface area contributed by atoms with E-state index in [0.29, 0.717) is 76.5 Å². The number of piperidine rings is 2. The van der Waals surface area contributed by atoms with Crippen LogP contribution >= 0.6 is 0 Å². The maximum atomic E-state index is 15.9. The first-order chi connectivity index (χ1) is 33.7. The van der Waals surface area contributed by atoms with E-state index in [2.05, 4.69) is 48.7 Å². The molecule has 5 aliphatic heterocycles. The highest BCUT2D eigenvalue weighted by atomic mass is 19.1. The number of halogens is 1. The zero-order valence-corrected chi connectivity index (χ0v) is 39.8. The van der Waals surface area contributed by atoms with Crippen LogP contribution in [0, 0.1) is 11.2 Å². The molecule has 6 aliphatic rings. The molecule has 5 aromatic rings. The summed E-state index contributed by atoms with van der Waals surface area (Å²) in [7, 11) is 1.68. The number of fused-ring (bicyclic) bond motifs is 4. The molecule has 3 saturated heterocycles. The van der Waals surface area contributed by atoms with Crippen molar-refractivity contribution in [3.8, 4) is 11.1 Å². The number of rotatable bonds is 10. The predicted octanol–water partition coefficient (Wildman–Crippen LogP) is 4.35. The van der Waals surface area contributed by atoms with Gasteiger partial charge in [0, 0.05) is 111 Å². The highest BCUT2D eigenvalue weighted by molar-refractivity contribution is 6.07. The molecular weight excluding hydrogens is 894 g/mol. The van der Waals surface area contributed by atoms with Gasteiger partial charge in [-0.1, -0.05) is 19.9 Å². The molecule has 1 atom stereocenters. The summed E-state index contributed by atoms with van der Waals surface area (Å²) in [6, 6.07) is 12.5. The third-order valence-corrected chi connectivity index (χ3v) is 15.5. The first-order valence-corrected chi connectivity index (χ1v) is 24.5. The number of nitrogens with zero attached hydrogens (tertiary/aromatic N) is 9. The molecule has 4 amide bonds. The van der Waals surface area contributed by atoms with Gasteiger partial charge in [0.05, 0.1) is 25.0 Å². The quantitative estimate of drug-likeness (QED) is 0.169. The topological polar surface area (TPSA) is 181 Å². The molecule has 1 aliphatic carbocycles. The second-order valence-corrected chi connectivity index (χ2v) is 20.5. The molecule has 9 heterocycles. The van der Waals surface area contributed by atoms with Gasteiger partial charge in [0.1, 0.15) is 34.9 Å². The van der Waals surface area contributed by atoms with Crippen LogP contribution in [0.3, 0.4) is 0 Å². The summed E-state index contributed by atoms with van der Waals surface area (Å²) in [5, 5.41) is 16.3. The lowest BCUT2D eigenvalue weighted by molar-refractivity contribution is -0.136. The zero-order valence-electron chi connectivity index (χ0n) is 39.8. The van der Waals surface area contributed by atoms with Crippen LogP contribution in [0.1, 0.15) is 88.3 Å². The van der Waals surface area contributed by atoms with Gasteiger partial charge >= 0.3 is 0 Å². The zero-order chi connectivity index (χ0) is 48.6. The Morgan fingerprint density at radius 3 is 2.41 bits per heavy atom. The van der Waals surface area contributed by atoms with E-state index in [-0.39, 0.29) is 66.1 Å². The van der Waals surface area contributed by atoms with Crippen LogP contribution in [0.15, 0.2) is 65.8 Å². The fourth-order valence-electron chi connectivity index (χ4n) is 11.8. The van der Waals surface area contributed by atoms with Crippen molar-refractivity contribution in [1.29, 1.82) is 0 Å². The SMILES string of the molecule is Cn1cc(-c2ccnc(N3CCn4c(cc5c4CC(C)(C)C5)C3=O)c2CO)cc(Nc2ccc(N3CCN(C4CCN(Cc5ccc6c(c5F)CN(C5CCC(=O)NC5=O)C6=O)CC4)CC3)cn2)c1=O. The number of amides is 4. The number of hydrogen-bond donors (Lipinski definition) is 3. The number of imide groups is 1. The minimum Gasteiger partial charge on any atom is -0.392 e. The predicted molar refractivity (Wildman–Crippen MR) is 260 cm³/mol. The minimum atomic E-state index is -0.780. The summed E-state index contributed by atoms with van der Waals surface area (Å²) in [5.41, 5.74) is 7.38. The standard InChI is InChI=1S/C52H58FN11O6/c1-52(2)24-32-23-42-51(70)63(21-20-62(42)43(32)25-52)47-39(30-65)36(10-13-54-47)33-22-40(50(69)58(3)27-33)56-44-8-5-35(26-55-44)61-18-16-60(17-19-61)34-11-14-59(15-12-34)28-31-4-6-37-38(46(31)53)29-64(49(37)68)41-7-9-45(66)57-48(41)67/h4-6,8,10,13,22-23,26-27,34,41,65H,7,9,11-12,14-21,24-25,28-30H2,1-3H3,(H,55,56)(H,57,66,67). The molecule has 17 nitrogen and oxygen atoms in total. The molecule has 11 rings (SSSR count). The molecule has 1 aromatic carbocycles. The van der Waals surface area contributed by atoms with Crippen molar-refractivity contribution in [3.63, 3.8) is 0 Å². The molecule has 364 valence electrons. The highest BCUT2D eigenvalue weighted by Crippen LogP contribution is 2.40. The van der Waals surface area contributed by atoms with Crippen LogP contribution in [0.2, 0.25) is 0 Å². The Labute approximate surface area is 404 Å². The van der Waals surface area contributed by atoms with Gasteiger partial charge in [-0.3, -0.25) is 44.0 Å². The Bertz CT molecular complexity index is 3010. The Hall–Kier alpha value is -6.76. The molecule has 70 heavy (non-hydrogen) atoms. The normalized spacial score (nSPS) is 20.8. The molecule has 0 saturated carbocycles. The van der Waals surface area contributed by atoms with E-state index >= 15 is 4.39 Å². The molecule has 18 heteroatoms. The highest BCUT2D eigenvalue weighted by Gasteiger charge is 2.41. The van der Waals surface area contributed by atoms with Crippen molar-refractivity contribution >= 4 is 46.6 Å². The number of nitrogens with one attached hydrogen (secondary N) is 2. The van der Waals surface area contributed by atoms with Crippen molar-refractivity contribution in [1.82, 2.24) is 39.1 Å². The maximum Gasteiger partial charge on any atom is 0.276 e. The van der Waals surface area contributed by atoms with Crippen molar-refractivity contribution in [3.05, 3.63) is 116 Å². The first-order valence-electron chi connectivity index (χ1n) is 24.5. The molecule has 3 N–H and O–H groups in total. The second-order valence-electron chi connectivity index (χ2n) is 20.5. The van der Waals surface area contributed by atoms with Gasteiger partial charge in [-0.05, 0) is 98.1 Å². The van der Waals surface area contributed by atoms with Gasteiger partial charge in [-0.2, -0.15) is 0 Å². The number of piperazine rings is 1. The van der Waals surface area contributed by atoms with Gasteiger partial charge in [-0.15, -0.1) is 0 Å². The third kappa shape index (κ3) is 8.24. The average Bonchev–Trinajstić information content (AvgIpc) is 3.98. The summed E-state index contributed by atoms with van der Waals surface area (Å²) >= 11 is 0. The monoisotopic (exact) mass is 951 g/mol. The Morgan fingerprint density at radius 2 is 1.67 bits per heavy atom. The number of anilines is 4. The summed E-state index contributed by atoms with van der Waals surface area (Å²) in [5.74, 6) is -0.839. The third-order valence-electron chi connectivity index (χ3n) is 15.5. The van der Waals surface area contributed by atoms with Gasteiger partial charge in [-0.25, -0.2) is 14.4 Å². The maximum absolute atomic E-state index is 15.9. The van der Waals surface area contributed by atoms with E-state index in [1.807, 2.05) is 24.4 Å². The van der Waals surface area contributed by atoms with Gasteiger partial charge in [0.25, 0.3) is 17.4 Å². The second kappa shape index (κ2) is 17.9. The van der Waals surface area contributed by atoms with Crippen LogP contribution in [0.5, 0.6) is 0 Å². The molecule has 1 unspecified atom stereocenters. The fraction of sp³-hybridized carbons (Fsp3) is 0.442. The van der Waals surface area contributed by atoms with Crippen molar-refractivity contribution < 1.29 is 28.7 Å². The van der Waals surface area contributed by atoms with E-state index in [1.54, 1.807) is 48.6 Å². The van der Waals surface area contributed by atoms with Crippen LogP contribution < -0.4 is 26.0 Å². The van der Waals surface area contributed by atoms with Crippen LogP contribution in [0.25, 0.3) is 11.1 Å². The van der Waals surface area contributed by atoms with Gasteiger partial charge in [0.2, 0.25) is 11.8 Å². The van der Waals surface area contributed by atoms with E-state index < -0.39 is 11.9 Å². The number of hydrogen-bond acceptors (Lipinski definition) is 12. The number of aromatic nitrogens is 4. The van der Waals surface area contributed by atoms with E-state index in [0.717, 1.165) is 70.6 Å². The summed E-state index contributed by atoms with van der Waals surface area (Å²) < 4.78 is 19.6. The minimum absolute atomic E-state index is 0.0190. The van der Waals surface area contributed by atoms with E-state index in [4.69, 9.17) is 4.98 Å². The number of likely N-dealkylation sites (tertiary alicyclic amines) is 1. The first kappa shape index (κ1) is 45.7. The number of benzene rings is 1. The Morgan fingerprint density at radius 1 is 0.871 bits per heavy atom. The largest absolute Gasteiger partial charge is 0.392 e. The van der Waals surface area contributed by atoms with Crippen LogP contribution in [-0.2, 0) is 55.7 Å². The molecule has 0 bridgehead atoms. The van der Waals surface area contributed by atoms with Crippen molar-refractivity contribution in [2.24, 2.45) is 12.5 Å². The summed E-state index contributed by atoms with van der Waals surface area (Å²) in [4.78, 5) is 84.3. The van der Waals surface area contributed by atoms with Crippen LogP contribution in [0.4, 0.5) is 27.4 Å². The molecule has 4 aromatic heterocycles. The molecule has 0 radical (unpaired) electrons. The molecular formula is C52H58FN11O6. The smallest absolute Gasteiger partial charge is 0.276 e. The number of carbonyl (C=O) groups is 4. The summed E-state index contributed by atoms with van der Waals surface area (Å²) in [6.07, 6.45) is 9.39. The van der Waals surface area contributed by atoms with Gasteiger partial charge in [0.15, 0.2) is 0 Å². The number of aryl methyl sites for hydroxylation is 1. The van der Waals surface area contributed by atoms with Crippen molar-refractivity contribution in [2.75, 3.05) is 60.9 Å². The van der Waals surface area contributed by atoms with Crippen molar-refractivity contribution in [2.45, 2.75) is 90.7 Å². The fourth-order valence-corrected chi connectivity index (χ4v) is 11.8. The molecule has 3 fully saturated rings. The average molecular weight is 952 g/mol. The Balaban J connectivity index is 0.692. The lowest BCUT2D eigenvalue weighted by Gasteiger charge is -2.43. The van der Waals surface area contributed by atoms with E-state index in [9.17, 15) is 29.1 Å². The van der Waals surface area contributed by atoms with Gasteiger partial charge < -0.3 is 29.4 Å². The van der Waals surface area contributed by atoms with Crippen LogP contribution in [-0.4, -0.2) is 120 Å². The lowest BCUT2D eigenvalue weighted by Crippen LogP contribution is -2.53. The summed E-state index contributed by atoms with van der Waals surface area (Å²) in [6.45, 7) is 10.8.